The summed E-state index contributed by atoms with van der Waals surface area (Å²) in [6.45, 7) is 4.54. The summed E-state index contributed by atoms with van der Waals surface area (Å²) in [5.41, 5.74) is 4.57. The number of rotatable bonds is 6. The zero-order valence-corrected chi connectivity index (χ0v) is 16.5. The summed E-state index contributed by atoms with van der Waals surface area (Å²) in [6.07, 6.45) is 0. The van der Waals surface area contributed by atoms with E-state index in [1.165, 1.54) is 5.56 Å². The Labute approximate surface area is 168 Å². The molecule has 2 amide bonds. The zero-order valence-electron chi connectivity index (χ0n) is 15.7. The Morgan fingerprint density at radius 1 is 1.04 bits per heavy atom. The number of aromatic nitrogens is 2. The van der Waals surface area contributed by atoms with Crippen molar-refractivity contribution in [1.82, 2.24) is 15.5 Å². The lowest BCUT2D eigenvalue weighted by Crippen LogP contribution is -2.32. The van der Waals surface area contributed by atoms with E-state index >= 15 is 0 Å². The third-order valence-electron chi connectivity index (χ3n) is 4.07. The topological polar surface area (TPSA) is 76.1 Å². The maximum Gasteiger partial charge on any atom is 0.319 e. The van der Waals surface area contributed by atoms with Crippen LogP contribution in [0.5, 0.6) is 5.88 Å². The number of halogens is 1. The number of hydrogen-bond acceptors (Lipinski definition) is 4. The van der Waals surface area contributed by atoms with E-state index in [9.17, 15) is 4.79 Å². The van der Waals surface area contributed by atoms with Gasteiger partial charge in [-0.25, -0.2) is 4.79 Å². The maximum atomic E-state index is 12.0. The van der Waals surface area contributed by atoms with Crippen LogP contribution in [0.4, 0.5) is 10.5 Å². The normalized spacial score (nSPS) is 10.4. The molecule has 1 heterocycles. The summed E-state index contributed by atoms with van der Waals surface area (Å²) in [7, 11) is 0. The number of anilines is 1. The van der Waals surface area contributed by atoms with Crippen molar-refractivity contribution < 1.29 is 9.53 Å². The van der Waals surface area contributed by atoms with Crippen LogP contribution in [-0.4, -0.2) is 29.4 Å². The highest BCUT2D eigenvalue weighted by Crippen LogP contribution is 2.20. The highest BCUT2D eigenvalue weighted by Gasteiger charge is 2.06. The number of urea groups is 1. The summed E-state index contributed by atoms with van der Waals surface area (Å²) >= 11 is 5.95. The molecule has 0 unspecified atom stereocenters. The molecular weight excluding hydrogens is 376 g/mol. The number of benzene rings is 2. The molecular formula is C21H21ClN4O2. The molecule has 1 aromatic heterocycles. The zero-order chi connectivity index (χ0) is 19.9. The fourth-order valence-corrected chi connectivity index (χ4v) is 2.66. The molecule has 0 aliphatic heterocycles. The van der Waals surface area contributed by atoms with Crippen molar-refractivity contribution in [2.45, 2.75) is 13.8 Å². The Hall–Kier alpha value is -3.12. The van der Waals surface area contributed by atoms with Gasteiger partial charge in [0.05, 0.1) is 12.2 Å². The van der Waals surface area contributed by atoms with E-state index in [0.717, 1.165) is 16.8 Å². The second kappa shape index (κ2) is 9.19. The van der Waals surface area contributed by atoms with Gasteiger partial charge in [0.1, 0.15) is 6.61 Å². The van der Waals surface area contributed by atoms with Gasteiger partial charge in [0.2, 0.25) is 5.88 Å². The number of nitrogens with one attached hydrogen (secondary N) is 2. The molecule has 0 radical (unpaired) electrons. The highest BCUT2D eigenvalue weighted by molar-refractivity contribution is 6.31. The molecule has 0 saturated carbocycles. The van der Waals surface area contributed by atoms with Crippen LogP contribution in [0.15, 0.2) is 54.6 Å². The molecule has 0 aliphatic rings. The van der Waals surface area contributed by atoms with Crippen LogP contribution in [0, 0.1) is 13.8 Å². The lowest BCUT2D eigenvalue weighted by molar-refractivity contribution is 0.246. The SMILES string of the molecule is Cc1ccc(-c2ccc(OCCNC(=O)Nc3cc(Cl)ccc3C)nn2)cc1. The molecule has 0 bridgehead atoms. The summed E-state index contributed by atoms with van der Waals surface area (Å²) in [5.74, 6) is 0.406. The summed E-state index contributed by atoms with van der Waals surface area (Å²) in [5, 5.41) is 14.3. The molecule has 0 spiro atoms. The average Bonchev–Trinajstić information content (AvgIpc) is 2.69. The van der Waals surface area contributed by atoms with Crippen molar-refractivity contribution >= 4 is 23.3 Å². The first-order chi connectivity index (χ1) is 13.5. The number of hydrogen-bond donors (Lipinski definition) is 2. The third-order valence-corrected chi connectivity index (χ3v) is 4.31. The van der Waals surface area contributed by atoms with Gasteiger partial charge in [0.15, 0.2) is 0 Å². The number of carbonyl (C=O) groups excluding carboxylic acids is 1. The van der Waals surface area contributed by atoms with Gasteiger partial charge in [-0.2, -0.15) is 0 Å². The van der Waals surface area contributed by atoms with Gasteiger partial charge >= 0.3 is 6.03 Å². The molecule has 2 N–H and O–H groups in total. The Morgan fingerprint density at radius 3 is 2.54 bits per heavy atom. The van der Waals surface area contributed by atoms with Gasteiger partial charge in [-0.1, -0.05) is 47.5 Å². The van der Waals surface area contributed by atoms with Gasteiger partial charge in [0.25, 0.3) is 0 Å². The first kappa shape index (κ1) is 19.6. The molecule has 3 rings (SSSR count). The van der Waals surface area contributed by atoms with Crippen LogP contribution in [0.2, 0.25) is 5.02 Å². The molecule has 2 aromatic carbocycles. The Kier molecular flexibility index (Phi) is 6.45. The van der Waals surface area contributed by atoms with Crippen LogP contribution in [0.25, 0.3) is 11.3 Å². The minimum Gasteiger partial charge on any atom is -0.475 e. The Morgan fingerprint density at radius 2 is 1.82 bits per heavy atom. The van der Waals surface area contributed by atoms with E-state index in [1.807, 2.05) is 50.2 Å². The molecule has 7 heteroatoms. The fraction of sp³-hybridized carbons (Fsp3) is 0.190. The summed E-state index contributed by atoms with van der Waals surface area (Å²) in [6, 6.07) is 16.7. The quantitative estimate of drug-likeness (QED) is 0.596. The summed E-state index contributed by atoms with van der Waals surface area (Å²) < 4.78 is 5.52. The molecule has 3 aromatic rings. The molecule has 0 atom stereocenters. The molecule has 144 valence electrons. The fourth-order valence-electron chi connectivity index (χ4n) is 2.49. The van der Waals surface area contributed by atoms with E-state index in [-0.39, 0.29) is 12.6 Å². The first-order valence-corrected chi connectivity index (χ1v) is 9.23. The van der Waals surface area contributed by atoms with Gasteiger partial charge < -0.3 is 15.4 Å². The largest absolute Gasteiger partial charge is 0.475 e. The smallest absolute Gasteiger partial charge is 0.319 e. The van der Waals surface area contributed by atoms with Crippen LogP contribution in [-0.2, 0) is 0 Å². The summed E-state index contributed by atoms with van der Waals surface area (Å²) in [4.78, 5) is 12.0. The second-order valence-corrected chi connectivity index (χ2v) is 6.75. The van der Waals surface area contributed by atoms with E-state index < -0.39 is 0 Å². The van der Waals surface area contributed by atoms with E-state index in [0.29, 0.717) is 23.1 Å². The van der Waals surface area contributed by atoms with Crippen molar-refractivity contribution in [1.29, 1.82) is 0 Å². The lowest BCUT2D eigenvalue weighted by atomic mass is 10.1. The number of nitrogens with zero attached hydrogens (tertiary/aromatic N) is 2. The molecule has 0 aliphatic carbocycles. The molecule has 28 heavy (non-hydrogen) atoms. The van der Waals surface area contributed by atoms with Crippen molar-refractivity contribution in [3.05, 3.63) is 70.7 Å². The third kappa shape index (κ3) is 5.44. The van der Waals surface area contributed by atoms with Crippen LogP contribution < -0.4 is 15.4 Å². The van der Waals surface area contributed by atoms with Gasteiger partial charge in [0, 0.05) is 22.3 Å². The Balaban J connectivity index is 1.44. The minimum atomic E-state index is -0.324. The van der Waals surface area contributed by atoms with Gasteiger partial charge in [-0.15, -0.1) is 10.2 Å². The molecule has 0 fully saturated rings. The maximum absolute atomic E-state index is 12.0. The minimum absolute atomic E-state index is 0.278. The molecule has 6 nitrogen and oxygen atoms in total. The average molecular weight is 397 g/mol. The highest BCUT2D eigenvalue weighted by atomic mass is 35.5. The Bertz CT molecular complexity index is 944. The van der Waals surface area contributed by atoms with Crippen molar-refractivity contribution in [3.63, 3.8) is 0 Å². The van der Waals surface area contributed by atoms with E-state index in [1.54, 1.807) is 18.2 Å². The van der Waals surface area contributed by atoms with Gasteiger partial charge in [-0.05, 0) is 37.6 Å². The second-order valence-electron chi connectivity index (χ2n) is 6.31. The van der Waals surface area contributed by atoms with Crippen LogP contribution in [0.1, 0.15) is 11.1 Å². The van der Waals surface area contributed by atoms with Crippen molar-refractivity contribution in [2.75, 3.05) is 18.5 Å². The van der Waals surface area contributed by atoms with Crippen molar-refractivity contribution in [3.8, 4) is 17.1 Å². The van der Waals surface area contributed by atoms with Gasteiger partial charge in [-0.3, -0.25) is 0 Å². The predicted molar refractivity (Wildman–Crippen MR) is 111 cm³/mol. The number of carbonyl (C=O) groups is 1. The number of aryl methyl sites for hydroxylation is 2. The first-order valence-electron chi connectivity index (χ1n) is 8.86. The van der Waals surface area contributed by atoms with Crippen molar-refractivity contribution in [2.24, 2.45) is 0 Å². The van der Waals surface area contributed by atoms with Crippen LogP contribution >= 0.6 is 11.6 Å². The van der Waals surface area contributed by atoms with Crippen LogP contribution in [0.3, 0.4) is 0 Å². The number of ether oxygens (including phenoxy) is 1. The lowest BCUT2D eigenvalue weighted by Gasteiger charge is -2.10. The van der Waals surface area contributed by atoms with E-state index in [4.69, 9.17) is 16.3 Å². The predicted octanol–water partition coefficient (Wildman–Crippen LogP) is 4.61. The molecule has 0 saturated heterocycles. The van der Waals surface area contributed by atoms with E-state index in [2.05, 4.69) is 20.8 Å². The monoisotopic (exact) mass is 396 g/mol. The number of amides is 2. The standard InChI is InChI=1S/C21H21ClN4O2/c1-14-3-6-16(7-4-14)18-9-10-20(26-25-18)28-12-11-23-21(27)24-19-13-17(22)8-5-15(19)2/h3-10,13H,11-12H2,1-2H3,(H2,23,24,27).